The monoisotopic (exact) mass is 342 g/mol. The molecule has 0 amide bonds. The SMILES string of the molecule is CCOC(=O)C(COCc1ccccc1)(C(=O)O)c1ccccc1C. The molecule has 0 fully saturated rings. The van der Waals surface area contributed by atoms with Crippen LogP contribution in [0.4, 0.5) is 0 Å². The van der Waals surface area contributed by atoms with Gasteiger partial charge < -0.3 is 14.6 Å². The van der Waals surface area contributed by atoms with Crippen LogP contribution in [-0.2, 0) is 31.1 Å². The van der Waals surface area contributed by atoms with Crippen LogP contribution in [0.2, 0.25) is 0 Å². The highest BCUT2D eigenvalue weighted by atomic mass is 16.5. The summed E-state index contributed by atoms with van der Waals surface area (Å²) >= 11 is 0. The Morgan fingerprint density at radius 2 is 1.68 bits per heavy atom. The number of hydrogen-bond donors (Lipinski definition) is 1. The highest BCUT2D eigenvalue weighted by Gasteiger charge is 2.50. The van der Waals surface area contributed by atoms with Gasteiger partial charge in [-0.15, -0.1) is 0 Å². The van der Waals surface area contributed by atoms with Gasteiger partial charge in [0.15, 0.2) is 0 Å². The van der Waals surface area contributed by atoms with Crippen LogP contribution >= 0.6 is 0 Å². The molecule has 2 aromatic rings. The second-order valence-electron chi connectivity index (χ2n) is 5.72. The topological polar surface area (TPSA) is 72.8 Å². The second kappa shape index (κ2) is 8.44. The molecule has 2 rings (SSSR count). The van der Waals surface area contributed by atoms with Gasteiger partial charge in [0.1, 0.15) is 0 Å². The zero-order chi connectivity index (χ0) is 18.3. The lowest BCUT2D eigenvalue weighted by molar-refractivity contribution is -0.165. The van der Waals surface area contributed by atoms with E-state index >= 15 is 0 Å². The molecule has 0 heterocycles. The Labute approximate surface area is 147 Å². The molecule has 5 nitrogen and oxygen atoms in total. The van der Waals surface area contributed by atoms with Crippen LogP contribution in [0.15, 0.2) is 54.6 Å². The zero-order valence-electron chi connectivity index (χ0n) is 14.4. The highest BCUT2D eigenvalue weighted by molar-refractivity contribution is 6.06. The first-order valence-corrected chi connectivity index (χ1v) is 8.10. The Kier molecular flexibility index (Phi) is 6.31. The van der Waals surface area contributed by atoms with Gasteiger partial charge >= 0.3 is 11.9 Å². The van der Waals surface area contributed by atoms with E-state index in [-0.39, 0.29) is 19.8 Å². The molecule has 0 saturated carbocycles. The number of ether oxygens (including phenoxy) is 2. The normalized spacial score (nSPS) is 13.0. The van der Waals surface area contributed by atoms with Crippen LogP contribution in [0.3, 0.4) is 0 Å². The van der Waals surface area contributed by atoms with Crippen LogP contribution < -0.4 is 0 Å². The minimum absolute atomic E-state index is 0.0957. The third-order valence-corrected chi connectivity index (χ3v) is 4.02. The fourth-order valence-corrected chi connectivity index (χ4v) is 2.71. The third kappa shape index (κ3) is 4.06. The average molecular weight is 342 g/mol. The van der Waals surface area contributed by atoms with Crippen molar-refractivity contribution < 1.29 is 24.2 Å². The number of rotatable bonds is 8. The number of carbonyl (C=O) groups is 2. The molecule has 5 heteroatoms. The number of carbonyl (C=O) groups excluding carboxylic acids is 1. The summed E-state index contributed by atoms with van der Waals surface area (Å²) in [5.41, 5.74) is 0.0848. The number of aryl methyl sites for hydroxylation is 1. The molecule has 0 aliphatic rings. The first-order chi connectivity index (χ1) is 12.0. The summed E-state index contributed by atoms with van der Waals surface area (Å²) in [5, 5.41) is 9.92. The Bertz CT molecular complexity index is 726. The number of carboxylic acids is 1. The Morgan fingerprint density at radius 3 is 2.28 bits per heavy atom. The van der Waals surface area contributed by atoms with Crippen molar-refractivity contribution in [1.82, 2.24) is 0 Å². The van der Waals surface area contributed by atoms with Gasteiger partial charge in [0.25, 0.3) is 0 Å². The van der Waals surface area contributed by atoms with Gasteiger partial charge in [-0.1, -0.05) is 54.6 Å². The Morgan fingerprint density at radius 1 is 1.04 bits per heavy atom. The first-order valence-electron chi connectivity index (χ1n) is 8.10. The quantitative estimate of drug-likeness (QED) is 0.589. The van der Waals surface area contributed by atoms with Gasteiger partial charge in [-0.3, -0.25) is 9.59 Å². The Hall–Kier alpha value is -2.66. The summed E-state index contributed by atoms with van der Waals surface area (Å²) in [6.07, 6.45) is 0. The molecule has 132 valence electrons. The van der Waals surface area contributed by atoms with Crippen LogP contribution in [-0.4, -0.2) is 30.3 Å². The molecule has 25 heavy (non-hydrogen) atoms. The summed E-state index contributed by atoms with van der Waals surface area (Å²) in [7, 11) is 0. The van der Waals surface area contributed by atoms with E-state index in [1.54, 1.807) is 38.1 Å². The molecule has 0 bridgehead atoms. The van der Waals surface area contributed by atoms with Crippen LogP contribution in [0.25, 0.3) is 0 Å². The lowest BCUT2D eigenvalue weighted by Crippen LogP contribution is -2.49. The standard InChI is InChI=1S/C20H22O5/c1-3-25-19(23)20(18(21)22,17-12-8-7-9-15(17)2)14-24-13-16-10-5-4-6-11-16/h4-12H,3,13-14H2,1-2H3,(H,21,22). The van der Waals surface area contributed by atoms with Crippen molar-refractivity contribution in [3.05, 3.63) is 71.3 Å². The van der Waals surface area contributed by atoms with Crippen LogP contribution in [0, 0.1) is 6.92 Å². The van der Waals surface area contributed by atoms with E-state index in [9.17, 15) is 14.7 Å². The van der Waals surface area contributed by atoms with Gasteiger partial charge in [0.05, 0.1) is 19.8 Å². The molecule has 0 aliphatic heterocycles. The van der Waals surface area contributed by atoms with Crippen molar-refractivity contribution >= 4 is 11.9 Å². The molecule has 0 aromatic heterocycles. The van der Waals surface area contributed by atoms with Gasteiger partial charge in [0, 0.05) is 0 Å². The maximum Gasteiger partial charge on any atom is 0.330 e. The molecule has 1 unspecified atom stereocenters. The fraction of sp³-hybridized carbons (Fsp3) is 0.300. The summed E-state index contributed by atoms with van der Waals surface area (Å²) in [6, 6.07) is 16.3. The lowest BCUT2D eigenvalue weighted by atomic mass is 9.79. The minimum atomic E-state index is -1.89. The van der Waals surface area contributed by atoms with Gasteiger partial charge in [-0.25, -0.2) is 0 Å². The Balaban J connectivity index is 2.35. The van der Waals surface area contributed by atoms with Gasteiger partial charge in [-0.05, 0) is 30.5 Å². The van der Waals surface area contributed by atoms with Gasteiger partial charge in [0.2, 0.25) is 5.41 Å². The van der Waals surface area contributed by atoms with Gasteiger partial charge in [-0.2, -0.15) is 0 Å². The van der Waals surface area contributed by atoms with Crippen LogP contribution in [0.5, 0.6) is 0 Å². The number of esters is 1. The van der Waals surface area contributed by atoms with Crippen molar-refractivity contribution in [1.29, 1.82) is 0 Å². The predicted molar refractivity (Wildman–Crippen MR) is 93.2 cm³/mol. The van der Waals surface area contributed by atoms with Crippen LogP contribution in [0.1, 0.15) is 23.6 Å². The van der Waals surface area contributed by atoms with E-state index in [0.717, 1.165) is 5.56 Å². The van der Waals surface area contributed by atoms with Crippen molar-refractivity contribution in [2.45, 2.75) is 25.9 Å². The lowest BCUT2D eigenvalue weighted by Gasteiger charge is -2.28. The number of aliphatic carboxylic acids is 1. The van der Waals surface area contributed by atoms with E-state index in [1.165, 1.54) is 0 Å². The fourth-order valence-electron chi connectivity index (χ4n) is 2.71. The zero-order valence-corrected chi connectivity index (χ0v) is 14.4. The molecule has 0 aliphatic carbocycles. The van der Waals surface area contributed by atoms with Crippen molar-refractivity contribution in [2.75, 3.05) is 13.2 Å². The summed E-state index contributed by atoms with van der Waals surface area (Å²) in [5.74, 6) is -2.10. The van der Waals surface area contributed by atoms with Crippen molar-refractivity contribution in [3.8, 4) is 0 Å². The number of carboxylic acid groups (broad SMARTS) is 1. The molecular weight excluding hydrogens is 320 g/mol. The largest absolute Gasteiger partial charge is 0.480 e. The van der Waals surface area contributed by atoms with E-state index in [4.69, 9.17) is 9.47 Å². The van der Waals surface area contributed by atoms with E-state index in [1.807, 2.05) is 30.3 Å². The molecule has 2 aromatic carbocycles. The molecule has 0 saturated heterocycles. The van der Waals surface area contributed by atoms with E-state index < -0.39 is 17.4 Å². The van der Waals surface area contributed by atoms with E-state index in [2.05, 4.69) is 0 Å². The molecule has 1 atom stereocenters. The maximum atomic E-state index is 12.6. The number of hydrogen-bond acceptors (Lipinski definition) is 4. The smallest absolute Gasteiger partial charge is 0.330 e. The molecule has 0 spiro atoms. The number of benzene rings is 2. The molecular formula is C20H22O5. The summed E-state index contributed by atoms with van der Waals surface area (Å²) < 4.78 is 10.7. The predicted octanol–water partition coefficient (Wildman–Crippen LogP) is 3.10. The summed E-state index contributed by atoms with van der Waals surface area (Å²) in [4.78, 5) is 24.8. The highest BCUT2D eigenvalue weighted by Crippen LogP contribution is 2.30. The third-order valence-electron chi connectivity index (χ3n) is 4.02. The first kappa shape index (κ1) is 18.7. The van der Waals surface area contributed by atoms with Crippen molar-refractivity contribution in [2.24, 2.45) is 0 Å². The average Bonchev–Trinajstić information content (AvgIpc) is 2.60. The molecule has 0 radical (unpaired) electrons. The maximum absolute atomic E-state index is 12.6. The second-order valence-corrected chi connectivity index (χ2v) is 5.72. The van der Waals surface area contributed by atoms with E-state index in [0.29, 0.717) is 11.1 Å². The molecule has 1 N–H and O–H groups in total. The minimum Gasteiger partial charge on any atom is -0.480 e. The summed E-state index contributed by atoms with van der Waals surface area (Å²) in [6.45, 7) is 3.41. The van der Waals surface area contributed by atoms with Crippen molar-refractivity contribution in [3.63, 3.8) is 0 Å².